The highest BCUT2D eigenvalue weighted by Gasteiger charge is 2.17. The zero-order chi connectivity index (χ0) is 14.9. The van der Waals surface area contributed by atoms with Crippen LogP contribution in [0.2, 0.25) is 15.1 Å². The first-order valence-corrected chi connectivity index (χ1v) is 8.31. The molecule has 0 saturated carbocycles. The molecular formula is C15H16Cl3NS. The highest BCUT2D eigenvalue weighted by atomic mass is 35.5. The second kappa shape index (κ2) is 6.67. The Morgan fingerprint density at radius 1 is 0.950 bits per heavy atom. The van der Waals surface area contributed by atoms with E-state index in [4.69, 9.17) is 34.8 Å². The second-order valence-electron chi connectivity index (χ2n) is 4.82. The zero-order valence-corrected chi connectivity index (χ0v) is 14.6. The Balaban J connectivity index is 2.16. The van der Waals surface area contributed by atoms with Gasteiger partial charge in [0.25, 0.3) is 0 Å². The first-order chi connectivity index (χ1) is 9.40. The van der Waals surface area contributed by atoms with Crippen molar-refractivity contribution in [3.8, 4) is 0 Å². The fourth-order valence-corrected chi connectivity index (χ4v) is 3.70. The van der Waals surface area contributed by atoms with Crippen molar-refractivity contribution in [3.63, 3.8) is 0 Å². The van der Waals surface area contributed by atoms with E-state index in [0.717, 1.165) is 5.56 Å². The number of nitrogens with one attached hydrogen (secondary N) is 1. The molecule has 0 radical (unpaired) electrons. The molecule has 1 aromatic carbocycles. The Hall–Kier alpha value is -0.250. The summed E-state index contributed by atoms with van der Waals surface area (Å²) in [4.78, 5) is 2.62. The molecule has 2 rings (SSSR count). The molecule has 2 unspecified atom stereocenters. The van der Waals surface area contributed by atoms with Gasteiger partial charge in [0.1, 0.15) is 0 Å². The Kier molecular flexibility index (Phi) is 5.38. The summed E-state index contributed by atoms with van der Waals surface area (Å²) in [5, 5.41) is 4.96. The summed E-state index contributed by atoms with van der Waals surface area (Å²) in [6.07, 6.45) is 0. The Morgan fingerprint density at radius 3 is 2.25 bits per heavy atom. The normalized spacial score (nSPS) is 14.3. The molecule has 0 aliphatic carbocycles. The first-order valence-electron chi connectivity index (χ1n) is 6.36. The van der Waals surface area contributed by atoms with Crippen molar-refractivity contribution in [3.05, 3.63) is 54.7 Å². The fraction of sp³-hybridized carbons (Fsp3) is 0.333. The van der Waals surface area contributed by atoms with Gasteiger partial charge in [0.2, 0.25) is 0 Å². The summed E-state index contributed by atoms with van der Waals surface area (Å²) >= 11 is 20.1. The molecule has 0 bridgehead atoms. The first kappa shape index (κ1) is 16.1. The summed E-state index contributed by atoms with van der Waals surface area (Å²) < 4.78 is 0. The maximum atomic E-state index is 6.27. The lowest BCUT2D eigenvalue weighted by atomic mass is 10.1. The monoisotopic (exact) mass is 347 g/mol. The molecule has 1 nitrogen and oxygen atoms in total. The summed E-state index contributed by atoms with van der Waals surface area (Å²) in [6, 6.07) is 8.34. The van der Waals surface area contributed by atoms with Crippen molar-refractivity contribution in [2.24, 2.45) is 0 Å². The van der Waals surface area contributed by atoms with E-state index in [1.807, 2.05) is 6.07 Å². The molecule has 108 valence electrons. The molecule has 1 heterocycles. The molecule has 0 fully saturated rings. The number of halogens is 3. The van der Waals surface area contributed by atoms with Gasteiger partial charge in [-0.2, -0.15) is 0 Å². The SMILES string of the molecule is Cc1ccc(C(C)NC(C)c2ccc(Cl)c(Cl)c2Cl)s1. The van der Waals surface area contributed by atoms with Gasteiger partial charge in [0.15, 0.2) is 0 Å². The fourth-order valence-electron chi connectivity index (χ4n) is 2.11. The molecule has 2 atom stereocenters. The van der Waals surface area contributed by atoms with E-state index in [2.05, 4.69) is 38.2 Å². The minimum atomic E-state index is 0.0923. The third kappa shape index (κ3) is 3.49. The molecule has 1 aromatic heterocycles. The average molecular weight is 349 g/mol. The van der Waals surface area contributed by atoms with Gasteiger partial charge in [-0.15, -0.1) is 11.3 Å². The third-order valence-electron chi connectivity index (χ3n) is 3.22. The second-order valence-corrected chi connectivity index (χ2v) is 7.31. The smallest absolute Gasteiger partial charge is 0.0781 e. The minimum absolute atomic E-state index is 0.0923. The Morgan fingerprint density at radius 2 is 1.65 bits per heavy atom. The Labute approximate surface area is 138 Å². The van der Waals surface area contributed by atoms with Gasteiger partial charge >= 0.3 is 0 Å². The quantitative estimate of drug-likeness (QED) is 0.628. The maximum Gasteiger partial charge on any atom is 0.0781 e. The molecule has 2 aromatic rings. The van der Waals surface area contributed by atoms with E-state index in [-0.39, 0.29) is 12.1 Å². The number of thiophene rings is 1. The van der Waals surface area contributed by atoms with Crippen LogP contribution in [-0.2, 0) is 0 Å². The van der Waals surface area contributed by atoms with Gasteiger partial charge in [-0.25, -0.2) is 0 Å². The molecule has 1 N–H and O–H groups in total. The number of hydrogen-bond donors (Lipinski definition) is 1. The van der Waals surface area contributed by atoms with Gasteiger partial charge in [-0.3, -0.25) is 0 Å². The lowest BCUT2D eigenvalue weighted by Gasteiger charge is -2.21. The lowest BCUT2D eigenvalue weighted by Crippen LogP contribution is -2.22. The van der Waals surface area contributed by atoms with Crippen molar-refractivity contribution in [2.45, 2.75) is 32.9 Å². The predicted molar refractivity (Wildman–Crippen MR) is 90.5 cm³/mol. The summed E-state index contributed by atoms with van der Waals surface area (Å²) in [5.74, 6) is 0. The van der Waals surface area contributed by atoms with Gasteiger partial charge < -0.3 is 5.32 Å². The lowest BCUT2D eigenvalue weighted by molar-refractivity contribution is 0.500. The number of rotatable bonds is 4. The molecule has 20 heavy (non-hydrogen) atoms. The highest BCUT2D eigenvalue weighted by Crippen LogP contribution is 2.36. The van der Waals surface area contributed by atoms with E-state index < -0.39 is 0 Å². The van der Waals surface area contributed by atoms with Crippen LogP contribution in [0.3, 0.4) is 0 Å². The van der Waals surface area contributed by atoms with Gasteiger partial charge in [0, 0.05) is 21.8 Å². The zero-order valence-electron chi connectivity index (χ0n) is 11.5. The number of hydrogen-bond acceptors (Lipinski definition) is 2. The van der Waals surface area contributed by atoms with Crippen LogP contribution in [0.1, 0.15) is 41.2 Å². The number of benzene rings is 1. The average Bonchev–Trinajstić information content (AvgIpc) is 2.82. The Bertz CT molecular complexity index is 609. The topological polar surface area (TPSA) is 12.0 Å². The molecule has 0 saturated heterocycles. The minimum Gasteiger partial charge on any atom is -0.303 e. The van der Waals surface area contributed by atoms with Crippen molar-refractivity contribution >= 4 is 46.1 Å². The maximum absolute atomic E-state index is 6.27. The van der Waals surface area contributed by atoms with E-state index in [9.17, 15) is 0 Å². The largest absolute Gasteiger partial charge is 0.303 e. The third-order valence-corrected chi connectivity index (χ3v) is 5.71. The summed E-state index contributed by atoms with van der Waals surface area (Å²) in [5.41, 5.74) is 0.959. The molecule has 0 spiro atoms. The van der Waals surface area contributed by atoms with E-state index >= 15 is 0 Å². The van der Waals surface area contributed by atoms with E-state index in [1.165, 1.54) is 9.75 Å². The number of aryl methyl sites for hydroxylation is 1. The summed E-state index contributed by atoms with van der Waals surface area (Å²) in [6.45, 7) is 6.33. The standard InChI is InChI=1S/C15H16Cl3NS/c1-8-4-7-13(20-8)10(3)19-9(2)11-5-6-12(16)15(18)14(11)17/h4-7,9-10,19H,1-3H3. The van der Waals surface area contributed by atoms with Crippen molar-refractivity contribution < 1.29 is 0 Å². The molecule has 0 aliphatic rings. The van der Waals surface area contributed by atoms with Crippen LogP contribution in [-0.4, -0.2) is 0 Å². The van der Waals surface area contributed by atoms with Crippen LogP contribution in [0.4, 0.5) is 0 Å². The molecule has 0 aliphatic heterocycles. The van der Waals surface area contributed by atoms with Crippen LogP contribution < -0.4 is 5.32 Å². The van der Waals surface area contributed by atoms with Crippen LogP contribution in [0.25, 0.3) is 0 Å². The van der Waals surface area contributed by atoms with Gasteiger partial charge in [-0.05, 0) is 44.5 Å². The van der Waals surface area contributed by atoms with E-state index in [0.29, 0.717) is 15.1 Å². The summed E-state index contributed by atoms with van der Waals surface area (Å²) in [7, 11) is 0. The van der Waals surface area contributed by atoms with Crippen LogP contribution in [0.5, 0.6) is 0 Å². The van der Waals surface area contributed by atoms with Crippen LogP contribution in [0, 0.1) is 6.92 Å². The van der Waals surface area contributed by atoms with Crippen LogP contribution >= 0.6 is 46.1 Å². The van der Waals surface area contributed by atoms with Crippen LogP contribution in [0.15, 0.2) is 24.3 Å². The van der Waals surface area contributed by atoms with Crippen molar-refractivity contribution in [2.75, 3.05) is 0 Å². The van der Waals surface area contributed by atoms with Crippen molar-refractivity contribution in [1.29, 1.82) is 0 Å². The molecule has 0 amide bonds. The molecule has 5 heteroatoms. The highest BCUT2D eigenvalue weighted by molar-refractivity contribution is 7.12. The van der Waals surface area contributed by atoms with E-state index in [1.54, 1.807) is 17.4 Å². The van der Waals surface area contributed by atoms with Gasteiger partial charge in [-0.1, -0.05) is 40.9 Å². The molecular weight excluding hydrogens is 333 g/mol. The predicted octanol–water partition coefficient (Wildman–Crippen LogP) is 6.43. The van der Waals surface area contributed by atoms with Crippen molar-refractivity contribution in [1.82, 2.24) is 5.32 Å². The van der Waals surface area contributed by atoms with Gasteiger partial charge in [0.05, 0.1) is 15.1 Å².